The number of ether oxygens (including phenoxy) is 3. The average Bonchev–Trinajstić information content (AvgIpc) is 2.96. The van der Waals surface area contributed by atoms with Gasteiger partial charge in [-0.2, -0.15) is 0 Å². The zero-order valence-electron chi connectivity index (χ0n) is 24.8. The third-order valence-electron chi connectivity index (χ3n) is 9.19. The van der Waals surface area contributed by atoms with Gasteiger partial charge in [0.2, 0.25) is 5.91 Å². The van der Waals surface area contributed by atoms with E-state index in [4.69, 9.17) is 25.8 Å². The lowest BCUT2D eigenvalue weighted by Gasteiger charge is -2.45. The molecule has 4 atom stereocenters. The first-order chi connectivity index (χ1) is 20.1. The number of carbonyl (C=O) groups is 1. The number of rotatable bonds is 7. The first-order valence-corrected chi connectivity index (χ1v) is 15.4. The highest BCUT2D eigenvalue weighted by Gasteiger charge is 2.42. The summed E-state index contributed by atoms with van der Waals surface area (Å²) in [5.41, 5.74) is 3.49. The van der Waals surface area contributed by atoms with Crippen LogP contribution < -0.4 is 14.4 Å². The third-order valence-corrected chi connectivity index (χ3v) is 9.45. The Labute approximate surface area is 253 Å². The van der Waals surface area contributed by atoms with Crippen LogP contribution in [-0.4, -0.2) is 36.4 Å². The van der Waals surface area contributed by atoms with Crippen molar-refractivity contribution >= 4 is 23.2 Å². The molecule has 6 rings (SSSR count). The van der Waals surface area contributed by atoms with Gasteiger partial charge in [-0.05, 0) is 117 Å². The number of carbonyl (C=O) groups excluding carboxylic acids is 1. The molecule has 3 aliphatic heterocycles. The van der Waals surface area contributed by atoms with Crippen molar-refractivity contribution in [3.8, 4) is 11.5 Å². The molecule has 222 valence electrons. The topological polar surface area (TPSA) is 68.2 Å². The van der Waals surface area contributed by atoms with Gasteiger partial charge in [0, 0.05) is 10.7 Å². The molecular weight excluding hydrogens is 550 g/mol. The summed E-state index contributed by atoms with van der Waals surface area (Å²) in [6.45, 7) is 5.89. The first kappa shape index (κ1) is 29.0. The molecule has 3 aliphatic rings. The van der Waals surface area contributed by atoms with Gasteiger partial charge in [-0.3, -0.25) is 4.79 Å². The molecule has 3 aromatic carbocycles. The largest absolute Gasteiger partial charge is 0.493 e. The van der Waals surface area contributed by atoms with Crippen LogP contribution >= 0.6 is 11.6 Å². The maximum Gasteiger partial charge on any atom is 0.232 e. The Bertz CT molecular complexity index is 1420. The van der Waals surface area contributed by atoms with Gasteiger partial charge in [0.15, 0.2) is 11.5 Å². The molecule has 3 heterocycles. The maximum atomic E-state index is 13.9. The Kier molecular flexibility index (Phi) is 7.99. The molecule has 0 aromatic heterocycles. The molecule has 0 saturated carbocycles. The second kappa shape index (κ2) is 11.6. The lowest BCUT2D eigenvalue weighted by molar-refractivity contribution is -0.144. The van der Waals surface area contributed by atoms with Crippen LogP contribution in [0.4, 0.5) is 5.69 Å². The summed E-state index contributed by atoms with van der Waals surface area (Å²) in [5.74, 6) is 1.38. The number of hydrogen-bond acceptors (Lipinski definition) is 5. The monoisotopic (exact) mass is 589 g/mol. The molecule has 1 amide bonds. The third kappa shape index (κ3) is 5.52. The van der Waals surface area contributed by atoms with Gasteiger partial charge in [0.05, 0.1) is 43.5 Å². The van der Waals surface area contributed by atoms with Gasteiger partial charge in [-0.15, -0.1) is 0 Å². The number of hydrogen-bond donors (Lipinski definition) is 1. The van der Waals surface area contributed by atoms with E-state index in [1.54, 1.807) is 7.11 Å². The summed E-state index contributed by atoms with van der Waals surface area (Å²) in [6.07, 6.45) is 5.77. The number of benzene rings is 3. The predicted molar refractivity (Wildman–Crippen MR) is 164 cm³/mol. The van der Waals surface area contributed by atoms with E-state index in [-0.39, 0.29) is 42.6 Å². The molecule has 2 saturated heterocycles. The van der Waals surface area contributed by atoms with Gasteiger partial charge in [0.25, 0.3) is 0 Å². The second-order valence-corrected chi connectivity index (χ2v) is 12.9. The van der Waals surface area contributed by atoms with Crippen LogP contribution in [0, 0.1) is 5.92 Å². The van der Waals surface area contributed by atoms with Gasteiger partial charge in [-0.25, -0.2) is 0 Å². The molecule has 3 unspecified atom stereocenters. The normalized spacial score (nSPS) is 25.1. The van der Waals surface area contributed by atoms with Crippen molar-refractivity contribution in [2.45, 2.75) is 89.3 Å². The highest BCUT2D eigenvalue weighted by atomic mass is 35.5. The van der Waals surface area contributed by atoms with E-state index in [2.05, 4.69) is 0 Å². The maximum absolute atomic E-state index is 13.9. The van der Waals surface area contributed by atoms with E-state index < -0.39 is 5.60 Å². The number of amides is 1. The van der Waals surface area contributed by atoms with Crippen molar-refractivity contribution in [2.75, 3.05) is 12.0 Å². The summed E-state index contributed by atoms with van der Waals surface area (Å²) in [4.78, 5) is 15.7. The fourth-order valence-electron chi connectivity index (χ4n) is 7.04. The fraction of sp³-hybridized carbons (Fsp3) is 0.457. The quantitative estimate of drug-likeness (QED) is 0.312. The Morgan fingerprint density at radius 1 is 1.00 bits per heavy atom. The summed E-state index contributed by atoms with van der Waals surface area (Å²) in [6, 6.07) is 19.1. The van der Waals surface area contributed by atoms with E-state index in [1.807, 2.05) is 86.3 Å². The number of fused-ring (bicyclic) bond motifs is 3. The summed E-state index contributed by atoms with van der Waals surface area (Å²) in [7, 11) is 1.62. The van der Waals surface area contributed by atoms with Crippen LogP contribution in [0.3, 0.4) is 0 Å². The number of halogens is 1. The molecular formula is C35H40ClNO5. The Morgan fingerprint density at radius 3 is 2.29 bits per heavy atom. The van der Waals surface area contributed by atoms with E-state index in [0.29, 0.717) is 16.5 Å². The fourth-order valence-corrected chi connectivity index (χ4v) is 7.17. The van der Waals surface area contributed by atoms with Gasteiger partial charge >= 0.3 is 0 Å². The highest BCUT2D eigenvalue weighted by Crippen LogP contribution is 2.46. The molecule has 1 N–H and O–H groups in total. The van der Waals surface area contributed by atoms with E-state index in [9.17, 15) is 9.90 Å². The number of nitrogens with zero attached hydrogens (tertiary/aromatic N) is 1. The zero-order valence-corrected chi connectivity index (χ0v) is 25.6. The van der Waals surface area contributed by atoms with Crippen LogP contribution in [0.1, 0.15) is 81.2 Å². The molecule has 3 aromatic rings. The van der Waals surface area contributed by atoms with Crippen LogP contribution in [-0.2, 0) is 21.6 Å². The molecule has 2 bridgehead atoms. The molecule has 0 aliphatic carbocycles. The minimum atomic E-state index is -0.982. The lowest BCUT2D eigenvalue weighted by Crippen LogP contribution is -2.44. The molecule has 0 spiro atoms. The zero-order chi connectivity index (χ0) is 29.6. The SMILES string of the molecule is COc1cc2c(cc1OC(C)C)C(c1ccc(Cl)cc1)N(c1ccc([C@@](C)(O)C3CC4CCCC(C3)O4)cc1)C(=O)C2. The first-order valence-electron chi connectivity index (χ1n) is 15.1. The lowest BCUT2D eigenvalue weighted by atomic mass is 9.73. The van der Waals surface area contributed by atoms with E-state index in [0.717, 1.165) is 53.6 Å². The molecule has 2 fully saturated rings. The average molecular weight is 590 g/mol. The predicted octanol–water partition coefficient (Wildman–Crippen LogP) is 7.37. The standard InChI is InChI=1S/C35H40ClNO5/c1-21(2)41-32-20-30-23(16-31(32)40-4)17-33(38)37(34(30)22-8-12-26(36)13-9-22)27-14-10-24(11-15-27)35(3,39)25-18-28-6-5-7-29(19-25)42-28/h8-16,20-21,25,28-29,34,39H,5-7,17-19H2,1-4H3/t25?,28?,29?,34?,35-/m1/s1. The molecule has 7 heteroatoms. The van der Waals surface area contributed by atoms with Gasteiger partial charge < -0.3 is 24.2 Å². The van der Waals surface area contributed by atoms with Crippen molar-refractivity contribution in [3.63, 3.8) is 0 Å². The van der Waals surface area contributed by atoms with E-state index in [1.165, 1.54) is 6.42 Å². The van der Waals surface area contributed by atoms with Crippen molar-refractivity contribution in [3.05, 3.63) is 87.9 Å². The number of aliphatic hydroxyl groups is 1. The highest BCUT2D eigenvalue weighted by molar-refractivity contribution is 6.30. The smallest absolute Gasteiger partial charge is 0.232 e. The Balaban J connectivity index is 1.38. The summed E-state index contributed by atoms with van der Waals surface area (Å²) in [5, 5.41) is 12.4. The molecule has 6 nitrogen and oxygen atoms in total. The van der Waals surface area contributed by atoms with Crippen molar-refractivity contribution in [1.82, 2.24) is 0 Å². The number of methoxy groups -OCH3 is 1. The van der Waals surface area contributed by atoms with Crippen molar-refractivity contribution in [2.24, 2.45) is 5.92 Å². The second-order valence-electron chi connectivity index (χ2n) is 12.4. The minimum absolute atomic E-state index is 0.0150. The molecule has 0 radical (unpaired) electrons. The van der Waals surface area contributed by atoms with Crippen LogP contribution in [0.25, 0.3) is 0 Å². The van der Waals surface area contributed by atoms with Crippen molar-refractivity contribution in [1.29, 1.82) is 0 Å². The van der Waals surface area contributed by atoms with Gasteiger partial charge in [0.1, 0.15) is 0 Å². The Hall–Kier alpha value is -3.06. The number of anilines is 1. The molecule has 42 heavy (non-hydrogen) atoms. The van der Waals surface area contributed by atoms with Crippen LogP contribution in [0.2, 0.25) is 5.02 Å². The minimum Gasteiger partial charge on any atom is -0.493 e. The van der Waals surface area contributed by atoms with Crippen LogP contribution in [0.5, 0.6) is 11.5 Å². The summed E-state index contributed by atoms with van der Waals surface area (Å²) < 4.78 is 17.9. The van der Waals surface area contributed by atoms with Gasteiger partial charge in [-0.1, -0.05) is 35.9 Å². The Morgan fingerprint density at radius 2 is 1.67 bits per heavy atom. The van der Waals surface area contributed by atoms with E-state index >= 15 is 0 Å². The van der Waals surface area contributed by atoms with Crippen molar-refractivity contribution < 1.29 is 24.1 Å². The summed E-state index contributed by atoms with van der Waals surface area (Å²) >= 11 is 6.26. The van der Waals surface area contributed by atoms with Crippen LogP contribution in [0.15, 0.2) is 60.7 Å².